The number of methoxy groups -OCH3 is 2. The van der Waals surface area contributed by atoms with Gasteiger partial charge in [0.2, 0.25) is 17.7 Å². The smallest absolute Gasteiger partial charge is 0.405 e. The number of carbonyl (C=O) groups is 4. The van der Waals surface area contributed by atoms with Gasteiger partial charge in [0.15, 0.2) is 0 Å². The van der Waals surface area contributed by atoms with E-state index in [1.807, 2.05) is 18.2 Å². The largest absolute Gasteiger partial charge is 0.507 e. The monoisotopic (exact) mass is 735 g/mol. The molecule has 5 atom stereocenters. The summed E-state index contributed by atoms with van der Waals surface area (Å²) < 4.78 is 10.4. The van der Waals surface area contributed by atoms with Crippen molar-refractivity contribution in [2.24, 2.45) is 11.3 Å². The fourth-order valence-corrected chi connectivity index (χ4v) is 5.65. The molecule has 14 nitrogen and oxygen atoms in total. The lowest BCUT2D eigenvalue weighted by atomic mass is 9.85. The van der Waals surface area contributed by atoms with Gasteiger partial charge in [0.25, 0.3) is 0 Å². The van der Waals surface area contributed by atoms with Crippen LogP contribution in [-0.2, 0) is 33.9 Å². The highest BCUT2D eigenvalue weighted by Crippen LogP contribution is 2.24. The van der Waals surface area contributed by atoms with Crippen molar-refractivity contribution in [1.82, 2.24) is 26.6 Å². The molecule has 3 aromatic rings. The molecule has 0 aromatic heterocycles. The SMILES string of the molecule is COc1ccc(CNC(C(=O)NC(C(=O)NCc2ccc(OC)cc2O)C(C)C)C(O)C(Cc2ccccc2)NC(=O)C(NC(=O)O)C(C)(C)C)cc1. The fourth-order valence-electron chi connectivity index (χ4n) is 5.65. The van der Waals surface area contributed by atoms with Crippen LogP contribution in [0.4, 0.5) is 4.79 Å². The Balaban J connectivity index is 1.95. The predicted molar refractivity (Wildman–Crippen MR) is 199 cm³/mol. The highest BCUT2D eigenvalue weighted by Gasteiger charge is 2.39. The van der Waals surface area contributed by atoms with Gasteiger partial charge in [-0.15, -0.1) is 0 Å². The van der Waals surface area contributed by atoms with Gasteiger partial charge in [-0.2, -0.15) is 0 Å². The Morgan fingerprint density at radius 1 is 0.736 bits per heavy atom. The number of rotatable bonds is 18. The molecule has 5 unspecified atom stereocenters. The first kappa shape index (κ1) is 42.1. The Morgan fingerprint density at radius 2 is 1.36 bits per heavy atom. The molecule has 288 valence electrons. The number of hydrogen-bond donors (Lipinski definition) is 8. The first-order valence-corrected chi connectivity index (χ1v) is 17.4. The van der Waals surface area contributed by atoms with E-state index in [0.29, 0.717) is 17.1 Å². The van der Waals surface area contributed by atoms with Gasteiger partial charge in [-0.3, -0.25) is 19.7 Å². The van der Waals surface area contributed by atoms with Crippen LogP contribution in [0.25, 0.3) is 0 Å². The normalized spacial score (nSPS) is 14.2. The first-order valence-electron chi connectivity index (χ1n) is 17.4. The average molecular weight is 736 g/mol. The molecule has 0 fully saturated rings. The van der Waals surface area contributed by atoms with Crippen molar-refractivity contribution in [2.75, 3.05) is 14.2 Å². The molecule has 53 heavy (non-hydrogen) atoms. The third-order valence-corrected chi connectivity index (χ3v) is 8.74. The zero-order valence-corrected chi connectivity index (χ0v) is 31.3. The highest BCUT2D eigenvalue weighted by atomic mass is 16.5. The van der Waals surface area contributed by atoms with Crippen LogP contribution in [0.5, 0.6) is 17.2 Å². The number of aromatic hydroxyl groups is 1. The zero-order valence-electron chi connectivity index (χ0n) is 31.3. The second kappa shape index (κ2) is 19.5. The third kappa shape index (κ3) is 12.7. The first-order chi connectivity index (χ1) is 25.0. The molecular weight excluding hydrogens is 682 g/mol. The summed E-state index contributed by atoms with van der Waals surface area (Å²) >= 11 is 0. The number of hydrogen-bond acceptors (Lipinski definition) is 9. The van der Waals surface area contributed by atoms with E-state index in [1.165, 1.54) is 13.2 Å². The topological polar surface area (TPSA) is 208 Å². The molecule has 0 saturated heterocycles. The van der Waals surface area contributed by atoms with Crippen molar-refractivity contribution >= 4 is 23.8 Å². The van der Waals surface area contributed by atoms with Gasteiger partial charge < -0.3 is 46.1 Å². The minimum Gasteiger partial charge on any atom is -0.507 e. The van der Waals surface area contributed by atoms with Gasteiger partial charge >= 0.3 is 6.09 Å². The van der Waals surface area contributed by atoms with Crippen LogP contribution in [-0.4, -0.2) is 83.6 Å². The number of amides is 4. The maximum atomic E-state index is 14.2. The Labute approximate surface area is 310 Å². The molecule has 4 amide bonds. The molecule has 3 aromatic carbocycles. The summed E-state index contributed by atoms with van der Waals surface area (Å²) in [6.45, 7) is 8.71. The van der Waals surface area contributed by atoms with Gasteiger partial charge in [0.1, 0.15) is 35.4 Å². The van der Waals surface area contributed by atoms with Crippen LogP contribution in [0.15, 0.2) is 72.8 Å². The quantitative estimate of drug-likeness (QED) is 0.0958. The summed E-state index contributed by atoms with van der Waals surface area (Å²) in [4.78, 5) is 53.1. The van der Waals surface area contributed by atoms with E-state index < -0.39 is 65.4 Å². The third-order valence-electron chi connectivity index (χ3n) is 8.74. The lowest BCUT2D eigenvalue weighted by Gasteiger charge is -2.35. The lowest BCUT2D eigenvalue weighted by Crippen LogP contribution is -2.63. The number of phenolic OH excluding ortho intramolecular Hbond substituents is 1. The molecule has 14 heteroatoms. The molecule has 0 radical (unpaired) electrons. The van der Waals surface area contributed by atoms with Gasteiger partial charge in [-0.25, -0.2) is 4.79 Å². The predicted octanol–water partition coefficient (Wildman–Crippen LogP) is 3.10. The molecule has 0 aliphatic rings. The number of ether oxygens (including phenoxy) is 2. The molecule has 0 aliphatic carbocycles. The highest BCUT2D eigenvalue weighted by molar-refractivity contribution is 5.91. The Morgan fingerprint density at radius 3 is 1.91 bits per heavy atom. The van der Waals surface area contributed by atoms with Gasteiger partial charge in [0, 0.05) is 24.7 Å². The number of aliphatic hydroxyl groups is 1. The van der Waals surface area contributed by atoms with Crippen LogP contribution < -0.4 is 36.1 Å². The van der Waals surface area contributed by atoms with Crippen LogP contribution in [0.2, 0.25) is 0 Å². The van der Waals surface area contributed by atoms with E-state index >= 15 is 0 Å². The summed E-state index contributed by atoms with van der Waals surface area (Å²) in [6.07, 6.45) is -2.88. The molecule has 0 aliphatic heterocycles. The summed E-state index contributed by atoms with van der Waals surface area (Å²) in [5.41, 5.74) is 1.10. The summed E-state index contributed by atoms with van der Waals surface area (Å²) in [5.74, 6) is -1.30. The van der Waals surface area contributed by atoms with Crippen molar-refractivity contribution in [3.63, 3.8) is 0 Å². The van der Waals surface area contributed by atoms with E-state index in [-0.39, 0.29) is 25.3 Å². The second-order valence-corrected chi connectivity index (χ2v) is 14.2. The van der Waals surface area contributed by atoms with E-state index in [4.69, 9.17) is 9.47 Å². The van der Waals surface area contributed by atoms with Crippen molar-refractivity contribution < 1.29 is 44.0 Å². The van der Waals surface area contributed by atoms with E-state index in [9.17, 15) is 34.5 Å². The number of carbonyl (C=O) groups excluding carboxylic acids is 3. The fraction of sp³-hybridized carbons (Fsp3) is 0.436. The minimum atomic E-state index is -1.57. The number of carboxylic acid groups (broad SMARTS) is 1. The average Bonchev–Trinajstić information content (AvgIpc) is 3.11. The molecule has 0 bridgehead atoms. The summed E-state index contributed by atoms with van der Waals surface area (Å²) in [5, 5.41) is 45.7. The second-order valence-electron chi connectivity index (χ2n) is 14.2. The summed E-state index contributed by atoms with van der Waals surface area (Å²) in [6, 6.07) is 16.1. The maximum absolute atomic E-state index is 14.2. The molecule has 3 rings (SSSR count). The van der Waals surface area contributed by atoms with Crippen molar-refractivity contribution in [2.45, 2.75) is 84.4 Å². The van der Waals surface area contributed by atoms with Crippen LogP contribution >= 0.6 is 0 Å². The van der Waals surface area contributed by atoms with Crippen LogP contribution in [0.1, 0.15) is 51.3 Å². The van der Waals surface area contributed by atoms with Gasteiger partial charge in [-0.05, 0) is 53.1 Å². The molecule has 8 N–H and O–H groups in total. The Bertz CT molecular complexity index is 1660. The van der Waals surface area contributed by atoms with Gasteiger partial charge in [-0.1, -0.05) is 77.1 Å². The molecule has 0 saturated carbocycles. The molecule has 0 spiro atoms. The maximum Gasteiger partial charge on any atom is 0.405 e. The van der Waals surface area contributed by atoms with E-state index in [2.05, 4.69) is 26.6 Å². The Hall–Kier alpha value is -5.34. The lowest BCUT2D eigenvalue weighted by molar-refractivity contribution is -0.134. The number of phenols is 1. The van der Waals surface area contributed by atoms with Crippen molar-refractivity contribution in [3.05, 3.63) is 89.5 Å². The molecule has 0 heterocycles. The minimum absolute atomic E-state index is 0.0278. The van der Waals surface area contributed by atoms with Crippen molar-refractivity contribution in [3.8, 4) is 17.2 Å². The Kier molecular flexibility index (Phi) is 15.5. The van der Waals surface area contributed by atoms with Crippen molar-refractivity contribution in [1.29, 1.82) is 0 Å². The zero-order chi connectivity index (χ0) is 39.3. The molecular formula is C39H53N5O9. The number of nitrogens with one attached hydrogen (secondary N) is 5. The van der Waals surface area contributed by atoms with Gasteiger partial charge in [0.05, 0.1) is 26.4 Å². The summed E-state index contributed by atoms with van der Waals surface area (Å²) in [7, 11) is 3.02. The number of benzene rings is 3. The van der Waals surface area contributed by atoms with E-state index in [0.717, 1.165) is 11.1 Å². The van der Waals surface area contributed by atoms with Crippen LogP contribution in [0.3, 0.4) is 0 Å². The van der Waals surface area contributed by atoms with E-state index in [1.54, 1.807) is 90.3 Å². The van der Waals surface area contributed by atoms with Crippen LogP contribution in [0, 0.1) is 11.3 Å². The number of aliphatic hydroxyl groups excluding tert-OH is 1. The standard InChI is InChI=1S/C39H53N5O9/c1-23(2)31(35(47)41-22-26-15-18-28(53-7)20-30(26)45)43-36(48)32(40-21-25-13-16-27(52-6)17-14-25)33(46)29(19-24-11-9-8-10-12-24)42-37(49)34(39(3,4)5)44-38(50)51/h8-18,20,23,29,31-34,40,44-46H,19,21-22H2,1-7H3,(H,41,47)(H,42,49)(H,43,48)(H,50,51).